The molecule has 4 aromatic rings. The lowest BCUT2D eigenvalue weighted by molar-refractivity contribution is 0.664. The van der Waals surface area contributed by atoms with Crippen molar-refractivity contribution in [3.05, 3.63) is 96.5 Å². The summed E-state index contributed by atoms with van der Waals surface area (Å²) in [4.78, 5) is 42.6. The molecule has 0 N–H and O–H groups in total. The van der Waals surface area contributed by atoms with Crippen molar-refractivity contribution in [1.82, 2.24) is 18.7 Å². The number of aromatic nitrogens is 4. The molecule has 0 spiro atoms. The first-order valence-electron chi connectivity index (χ1n) is 9.76. The molecule has 4 rings (SSSR count). The molecule has 0 fully saturated rings. The molecule has 0 unspecified atom stereocenters. The van der Waals surface area contributed by atoms with E-state index < -0.39 is 0 Å². The lowest BCUT2D eigenvalue weighted by Crippen LogP contribution is -2.37. The van der Waals surface area contributed by atoms with Crippen LogP contribution in [0.2, 0.25) is 0 Å². The van der Waals surface area contributed by atoms with Crippen LogP contribution in [0.15, 0.2) is 68.1 Å². The summed E-state index contributed by atoms with van der Waals surface area (Å²) in [5.41, 5.74) is 3.02. The van der Waals surface area contributed by atoms with Crippen molar-refractivity contribution in [2.24, 2.45) is 14.1 Å². The number of hydrogen-bond acceptors (Lipinski definition) is 5. The number of thioether (sulfide) groups is 1. The average molecular weight is 435 g/mol. The molecule has 0 saturated carbocycles. The Kier molecular flexibility index (Phi) is 5.41. The van der Waals surface area contributed by atoms with Gasteiger partial charge in [-0.15, -0.1) is 0 Å². The van der Waals surface area contributed by atoms with Gasteiger partial charge in [-0.05, 0) is 43.2 Å². The van der Waals surface area contributed by atoms with Crippen molar-refractivity contribution in [2.75, 3.05) is 0 Å². The molecule has 0 amide bonds. The van der Waals surface area contributed by atoms with Crippen molar-refractivity contribution >= 4 is 22.7 Å². The fourth-order valence-corrected chi connectivity index (χ4v) is 4.46. The quantitative estimate of drug-likeness (QED) is 0.365. The van der Waals surface area contributed by atoms with Gasteiger partial charge in [0, 0.05) is 31.6 Å². The Morgan fingerprint density at radius 2 is 1.68 bits per heavy atom. The van der Waals surface area contributed by atoms with Crippen molar-refractivity contribution in [2.45, 2.75) is 24.8 Å². The van der Waals surface area contributed by atoms with E-state index in [0.29, 0.717) is 27.5 Å². The van der Waals surface area contributed by atoms with E-state index in [1.165, 1.54) is 29.4 Å². The lowest BCUT2D eigenvalue weighted by Gasteiger charge is -2.16. The van der Waals surface area contributed by atoms with Crippen LogP contribution in [-0.4, -0.2) is 18.7 Å². The summed E-state index contributed by atoms with van der Waals surface area (Å²) in [7, 11) is 3.08. The molecule has 0 aliphatic carbocycles. The van der Waals surface area contributed by atoms with Crippen LogP contribution in [0.5, 0.6) is 0 Å². The minimum Gasteiger partial charge on any atom is -0.300 e. The van der Waals surface area contributed by atoms with Crippen LogP contribution in [0.25, 0.3) is 16.6 Å². The smallest absolute Gasteiger partial charge is 0.300 e. The molecule has 8 heteroatoms. The van der Waals surface area contributed by atoms with Gasteiger partial charge in [-0.3, -0.25) is 23.3 Å². The molecular formula is C23H22N4O3S. The van der Waals surface area contributed by atoms with Crippen LogP contribution < -0.4 is 16.8 Å². The Morgan fingerprint density at radius 3 is 2.45 bits per heavy atom. The first-order chi connectivity index (χ1) is 14.8. The number of hydrogen-bond donors (Lipinski definition) is 0. The minimum absolute atomic E-state index is 0.153. The van der Waals surface area contributed by atoms with Gasteiger partial charge in [-0.1, -0.05) is 36.0 Å². The van der Waals surface area contributed by atoms with Gasteiger partial charge in [-0.2, -0.15) is 0 Å². The molecule has 0 atom stereocenters. The number of benzene rings is 2. The monoisotopic (exact) mass is 434 g/mol. The number of aryl methyl sites for hydroxylation is 2. The highest BCUT2D eigenvalue weighted by Crippen LogP contribution is 2.26. The normalized spacial score (nSPS) is 11.2. The molecule has 2 aromatic carbocycles. The zero-order valence-electron chi connectivity index (χ0n) is 17.7. The Balaban J connectivity index is 1.90. The van der Waals surface area contributed by atoms with Gasteiger partial charge in [0.2, 0.25) is 0 Å². The molecule has 0 saturated heterocycles. The topological polar surface area (TPSA) is 78.9 Å². The second kappa shape index (κ2) is 8.03. The maximum atomic E-state index is 13.4. The fraction of sp³-hybridized carbons (Fsp3) is 0.217. The molecule has 31 heavy (non-hydrogen) atoms. The summed E-state index contributed by atoms with van der Waals surface area (Å²) in [5, 5.41) is 1.04. The minimum atomic E-state index is -0.388. The van der Waals surface area contributed by atoms with E-state index in [0.717, 1.165) is 21.4 Å². The molecule has 0 radical (unpaired) electrons. The van der Waals surface area contributed by atoms with Gasteiger partial charge >= 0.3 is 5.69 Å². The van der Waals surface area contributed by atoms with Gasteiger partial charge in [0.15, 0.2) is 5.16 Å². The van der Waals surface area contributed by atoms with E-state index in [-0.39, 0.29) is 16.8 Å². The van der Waals surface area contributed by atoms with Crippen LogP contribution in [-0.2, 0) is 19.8 Å². The second-order valence-corrected chi connectivity index (χ2v) is 8.45. The summed E-state index contributed by atoms with van der Waals surface area (Å²) in [6.07, 6.45) is 0. The first-order valence-corrected chi connectivity index (χ1v) is 10.7. The standard InChI is InChI=1S/C23H22N4O3S/c1-14-9-10-15(2)19(11-14)27-21(29)17-7-5-6-8-18(17)24-22(27)31-13-16-12-20(28)26(4)23(30)25(16)3/h5-12H,13H2,1-4H3. The molecule has 0 aliphatic heterocycles. The van der Waals surface area contributed by atoms with E-state index in [2.05, 4.69) is 0 Å². The number of rotatable bonds is 4. The Morgan fingerprint density at radius 1 is 0.935 bits per heavy atom. The third-order valence-corrected chi connectivity index (χ3v) is 6.30. The molecule has 7 nitrogen and oxygen atoms in total. The summed E-state index contributed by atoms with van der Waals surface area (Å²) in [5.74, 6) is 0.317. The Labute approximate surface area is 182 Å². The summed E-state index contributed by atoms with van der Waals surface area (Å²) in [6.45, 7) is 3.93. The summed E-state index contributed by atoms with van der Waals surface area (Å²) in [6, 6.07) is 14.6. The summed E-state index contributed by atoms with van der Waals surface area (Å²) < 4.78 is 4.12. The zero-order valence-corrected chi connectivity index (χ0v) is 18.6. The highest BCUT2D eigenvalue weighted by Gasteiger charge is 2.16. The molecular weight excluding hydrogens is 412 g/mol. The molecule has 158 valence electrons. The van der Waals surface area contributed by atoms with Crippen LogP contribution in [0.3, 0.4) is 0 Å². The molecule has 0 aliphatic rings. The molecule has 0 bridgehead atoms. The molecule has 2 heterocycles. The largest absolute Gasteiger partial charge is 0.330 e. The van der Waals surface area contributed by atoms with E-state index in [1.807, 2.05) is 50.2 Å². The average Bonchev–Trinajstić information content (AvgIpc) is 2.76. The van der Waals surface area contributed by atoms with Gasteiger partial charge in [-0.25, -0.2) is 9.78 Å². The second-order valence-electron chi connectivity index (χ2n) is 7.51. The van der Waals surface area contributed by atoms with E-state index in [9.17, 15) is 14.4 Å². The first kappa shape index (κ1) is 20.9. The van der Waals surface area contributed by atoms with E-state index in [1.54, 1.807) is 17.7 Å². The van der Waals surface area contributed by atoms with E-state index in [4.69, 9.17) is 4.98 Å². The van der Waals surface area contributed by atoms with Crippen molar-refractivity contribution in [3.8, 4) is 5.69 Å². The maximum absolute atomic E-state index is 13.4. The van der Waals surface area contributed by atoms with Crippen LogP contribution >= 0.6 is 11.8 Å². The van der Waals surface area contributed by atoms with Crippen LogP contribution in [0.4, 0.5) is 0 Å². The van der Waals surface area contributed by atoms with Crippen molar-refractivity contribution in [1.29, 1.82) is 0 Å². The predicted molar refractivity (Wildman–Crippen MR) is 123 cm³/mol. The molecule has 2 aromatic heterocycles. The van der Waals surface area contributed by atoms with Crippen molar-refractivity contribution in [3.63, 3.8) is 0 Å². The Bertz CT molecular complexity index is 1500. The van der Waals surface area contributed by atoms with Gasteiger partial charge in [0.05, 0.1) is 16.6 Å². The highest BCUT2D eigenvalue weighted by atomic mass is 32.2. The van der Waals surface area contributed by atoms with E-state index >= 15 is 0 Å². The SMILES string of the molecule is Cc1ccc(C)c(-n2c(SCc3cc(=O)n(C)c(=O)n3C)nc3ccccc3c2=O)c1. The zero-order chi connectivity index (χ0) is 22.3. The fourth-order valence-electron chi connectivity index (χ4n) is 3.44. The van der Waals surface area contributed by atoms with Crippen LogP contribution in [0.1, 0.15) is 16.8 Å². The van der Waals surface area contributed by atoms with Gasteiger partial charge in [0.25, 0.3) is 11.1 Å². The highest BCUT2D eigenvalue weighted by molar-refractivity contribution is 7.98. The number of fused-ring (bicyclic) bond motifs is 1. The third-order valence-electron chi connectivity index (χ3n) is 5.32. The predicted octanol–water partition coefficient (Wildman–Crippen LogP) is 2.69. The van der Waals surface area contributed by atoms with Crippen LogP contribution in [0, 0.1) is 13.8 Å². The maximum Gasteiger partial charge on any atom is 0.330 e. The van der Waals surface area contributed by atoms with Gasteiger partial charge < -0.3 is 0 Å². The Hall–Kier alpha value is -3.39. The lowest BCUT2D eigenvalue weighted by atomic mass is 10.1. The van der Waals surface area contributed by atoms with Crippen molar-refractivity contribution < 1.29 is 0 Å². The third kappa shape index (κ3) is 3.74. The van der Waals surface area contributed by atoms with Gasteiger partial charge in [0.1, 0.15) is 0 Å². The number of para-hydroxylation sites is 1. The summed E-state index contributed by atoms with van der Waals surface area (Å²) >= 11 is 1.32. The number of nitrogens with zero attached hydrogens (tertiary/aromatic N) is 4.